The fourth-order valence-corrected chi connectivity index (χ4v) is 2.80. The summed E-state index contributed by atoms with van der Waals surface area (Å²) in [6, 6.07) is 0.656. The Balaban J connectivity index is 1.76. The average Bonchev–Trinajstić information content (AvgIpc) is 2.92. The molecule has 6 heteroatoms. The van der Waals surface area contributed by atoms with Crippen LogP contribution in [0.3, 0.4) is 0 Å². The Hall–Kier alpha value is -0.850. The quantitative estimate of drug-likeness (QED) is 0.410. The van der Waals surface area contributed by atoms with Crippen LogP contribution in [0.1, 0.15) is 19.8 Å². The SMILES string of the molecule is CCNC(=NCC1CN2CCCC2CO1)NCCOC. The maximum absolute atomic E-state index is 5.92. The van der Waals surface area contributed by atoms with Gasteiger partial charge in [-0.3, -0.25) is 9.89 Å². The predicted molar refractivity (Wildman–Crippen MR) is 80.2 cm³/mol. The van der Waals surface area contributed by atoms with E-state index in [1.54, 1.807) is 7.11 Å². The molecule has 0 saturated carbocycles. The van der Waals surface area contributed by atoms with Gasteiger partial charge in [0, 0.05) is 32.8 Å². The van der Waals surface area contributed by atoms with Gasteiger partial charge in [0.05, 0.1) is 25.9 Å². The third-order valence-electron chi connectivity index (χ3n) is 3.86. The second-order valence-corrected chi connectivity index (χ2v) is 5.39. The summed E-state index contributed by atoms with van der Waals surface area (Å²) in [5.41, 5.74) is 0. The number of nitrogens with zero attached hydrogens (tertiary/aromatic N) is 2. The van der Waals surface area contributed by atoms with Gasteiger partial charge in [0.1, 0.15) is 0 Å². The van der Waals surface area contributed by atoms with Crippen molar-refractivity contribution >= 4 is 5.96 Å². The number of ether oxygens (including phenoxy) is 2. The first-order valence-electron chi connectivity index (χ1n) is 7.70. The molecule has 2 unspecified atom stereocenters. The smallest absolute Gasteiger partial charge is 0.191 e. The third kappa shape index (κ3) is 4.61. The highest BCUT2D eigenvalue weighted by molar-refractivity contribution is 5.79. The second kappa shape index (κ2) is 8.44. The predicted octanol–water partition coefficient (Wildman–Crippen LogP) is 0.0511. The number of rotatable bonds is 6. The van der Waals surface area contributed by atoms with Crippen molar-refractivity contribution in [3.05, 3.63) is 0 Å². The maximum atomic E-state index is 5.92. The van der Waals surface area contributed by atoms with Gasteiger partial charge in [0.25, 0.3) is 0 Å². The molecule has 2 fully saturated rings. The fraction of sp³-hybridized carbons (Fsp3) is 0.929. The highest BCUT2D eigenvalue weighted by atomic mass is 16.5. The minimum Gasteiger partial charge on any atom is -0.383 e. The lowest BCUT2D eigenvalue weighted by molar-refractivity contribution is -0.0432. The largest absolute Gasteiger partial charge is 0.383 e. The first-order chi connectivity index (χ1) is 9.83. The summed E-state index contributed by atoms with van der Waals surface area (Å²) in [7, 11) is 1.70. The zero-order chi connectivity index (χ0) is 14.2. The molecule has 2 atom stereocenters. The number of nitrogens with one attached hydrogen (secondary N) is 2. The molecule has 2 aliphatic rings. The van der Waals surface area contributed by atoms with Crippen molar-refractivity contribution in [3.63, 3.8) is 0 Å². The van der Waals surface area contributed by atoms with Crippen molar-refractivity contribution in [2.24, 2.45) is 4.99 Å². The van der Waals surface area contributed by atoms with Gasteiger partial charge in [-0.1, -0.05) is 0 Å². The van der Waals surface area contributed by atoms with Crippen molar-refractivity contribution < 1.29 is 9.47 Å². The Labute approximate surface area is 121 Å². The topological polar surface area (TPSA) is 58.1 Å². The number of guanidine groups is 1. The van der Waals surface area contributed by atoms with E-state index in [1.807, 2.05) is 0 Å². The number of morpholine rings is 1. The summed E-state index contributed by atoms with van der Waals surface area (Å²) in [6.45, 7) is 8.20. The highest BCUT2D eigenvalue weighted by Gasteiger charge is 2.31. The molecule has 2 aliphatic heterocycles. The van der Waals surface area contributed by atoms with Gasteiger partial charge in [0.15, 0.2) is 5.96 Å². The number of fused-ring (bicyclic) bond motifs is 1. The van der Waals surface area contributed by atoms with Crippen molar-refractivity contribution in [1.82, 2.24) is 15.5 Å². The molecular formula is C14H28N4O2. The Kier molecular flexibility index (Phi) is 6.56. The lowest BCUT2D eigenvalue weighted by Gasteiger charge is -2.34. The Morgan fingerprint density at radius 3 is 3.15 bits per heavy atom. The van der Waals surface area contributed by atoms with Crippen LogP contribution in [0.4, 0.5) is 0 Å². The molecule has 0 spiro atoms. The number of aliphatic imine (C=N–C) groups is 1. The molecule has 0 aliphatic carbocycles. The summed E-state index contributed by atoms with van der Waals surface area (Å²) in [4.78, 5) is 7.16. The first kappa shape index (κ1) is 15.5. The van der Waals surface area contributed by atoms with Crippen molar-refractivity contribution in [1.29, 1.82) is 0 Å². The highest BCUT2D eigenvalue weighted by Crippen LogP contribution is 2.22. The molecule has 0 amide bonds. The van der Waals surface area contributed by atoms with Gasteiger partial charge in [-0.25, -0.2) is 0 Å². The molecule has 116 valence electrons. The molecule has 0 aromatic carbocycles. The molecule has 20 heavy (non-hydrogen) atoms. The van der Waals surface area contributed by atoms with E-state index in [4.69, 9.17) is 9.47 Å². The van der Waals surface area contributed by atoms with Crippen molar-refractivity contribution in [2.75, 3.05) is 53.0 Å². The molecule has 0 radical (unpaired) electrons. The van der Waals surface area contributed by atoms with Gasteiger partial charge in [-0.2, -0.15) is 0 Å². The van der Waals surface area contributed by atoms with Gasteiger partial charge >= 0.3 is 0 Å². The van der Waals surface area contributed by atoms with E-state index >= 15 is 0 Å². The van der Waals surface area contributed by atoms with Crippen LogP contribution in [0.2, 0.25) is 0 Å². The number of methoxy groups -OCH3 is 1. The maximum Gasteiger partial charge on any atom is 0.191 e. The normalized spacial score (nSPS) is 27.4. The summed E-state index contributed by atoms with van der Waals surface area (Å²) in [5.74, 6) is 0.844. The lowest BCUT2D eigenvalue weighted by atomic mass is 10.2. The average molecular weight is 284 g/mol. The van der Waals surface area contributed by atoms with Crippen LogP contribution >= 0.6 is 0 Å². The van der Waals surface area contributed by atoms with Crippen molar-refractivity contribution in [3.8, 4) is 0 Å². The Morgan fingerprint density at radius 2 is 2.35 bits per heavy atom. The fourth-order valence-electron chi connectivity index (χ4n) is 2.80. The number of hydrogen-bond acceptors (Lipinski definition) is 4. The van der Waals surface area contributed by atoms with Crippen molar-refractivity contribution in [2.45, 2.75) is 31.9 Å². The molecule has 6 nitrogen and oxygen atoms in total. The molecule has 2 saturated heterocycles. The van der Waals surface area contributed by atoms with E-state index in [1.165, 1.54) is 19.4 Å². The van der Waals surface area contributed by atoms with Crippen LogP contribution in [0, 0.1) is 0 Å². The summed E-state index contributed by atoms with van der Waals surface area (Å²) in [6.07, 6.45) is 2.82. The summed E-state index contributed by atoms with van der Waals surface area (Å²) in [5, 5.41) is 6.49. The minimum atomic E-state index is 0.224. The standard InChI is InChI=1S/C14H28N4O2/c1-3-15-14(16-6-8-19-2)17-9-13-10-18-7-4-5-12(18)11-20-13/h12-13H,3-11H2,1-2H3,(H2,15,16,17). The van der Waals surface area contributed by atoms with E-state index in [0.29, 0.717) is 19.2 Å². The van der Waals surface area contributed by atoms with E-state index < -0.39 is 0 Å². The molecule has 2 rings (SSSR count). The second-order valence-electron chi connectivity index (χ2n) is 5.39. The Morgan fingerprint density at radius 1 is 1.45 bits per heavy atom. The van der Waals surface area contributed by atoms with Gasteiger partial charge in [-0.15, -0.1) is 0 Å². The van der Waals surface area contributed by atoms with E-state index in [2.05, 4.69) is 27.4 Å². The van der Waals surface area contributed by atoms with Gasteiger partial charge in [-0.05, 0) is 26.3 Å². The van der Waals surface area contributed by atoms with E-state index in [-0.39, 0.29) is 6.10 Å². The molecule has 2 heterocycles. The lowest BCUT2D eigenvalue weighted by Crippen LogP contribution is -2.47. The molecule has 2 N–H and O–H groups in total. The van der Waals surface area contributed by atoms with Crippen LogP contribution in [-0.4, -0.2) is 76.1 Å². The molecule has 0 aromatic heterocycles. The van der Waals surface area contributed by atoms with Crippen LogP contribution < -0.4 is 10.6 Å². The van der Waals surface area contributed by atoms with Gasteiger partial charge in [0.2, 0.25) is 0 Å². The monoisotopic (exact) mass is 284 g/mol. The van der Waals surface area contributed by atoms with Crippen LogP contribution in [-0.2, 0) is 9.47 Å². The van der Waals surface area contributed by atoms with Crippen LogP contribution in [0.5, 0.6) is 0 Å². The van der Waals surface area contributed by atoms with Gasteiger partial charge < -0.3 is 20.1 Å². The third-order valence-corrected chi connectivity index (χ3v) is 3.86. The zero-order valence-corrected chi connectivity index (χ0v) is 12.7. The zero-order valence-electron chi connectivity index (χ0n) is 12.7. The molecule has 0 bridgehead atoms. The number of hydrogen-bond donors (Lipinski definition) is 2. The first-order valence-corrected chi connectivity index (χ1v) is 7.70. The van der Waals surface area contributed by atoms with E-state index in [0.717, 1.165) is 32.2 Å². The summed E-state index contributed by atoms with van der Waals surface area (Å²) < 4.78 is 11.0. The van der Waals surface area contributed by atoms with Crippen LogP contribution in [0.25, 0.3) is 0 Å². The summed E-state index contributed by atoms with van der Waals surface area (Å²) >= 11 is 0. The molecular weight excluding hydrogens is 256 g/mol. The molecule has 0 aromatic rings. The Bertz CT molecular complexity index is 312. The minimum absolute atomic E-state index is 0.224. The van der Waals surface area contributed by atoms with E-state index in [9.17, 15) is 0 Å². The van der Waals surface area contributed by atoms with Crippen LogP contribution in [0.15, 0.2) is 4.99 Å².